The van der Waals surface area contributed by atoms with Gasteiger partial charge in [0, 0.05) is 18.9 Å². The lowest BCUT2D eigenvalue weighted by atomic mass is 10.1. The van der Waals surface area contributed by atoms with Crippen LogP contribution in [-0.4, -0.2) is 30.4 Å². The standard InChI is InChI=1S/C20H31N3OSi/c1-20(2,3)25(4,5)24-16-10-17(21-11-16)18-13-23-12-15(14-6-7-14)8-9-19(23)22-18/h8-9,12-14,16-17,21H,6-7,10-11H2,1-5H3/t16-,17-/m1/s1. The minimum Gasteiger partial charge on any atom is -0.413 e. The van der Waals surface area contributed by atoms with Crippen molar-refractivity contribution >= 4 is 14.0 Å². The normalized spacial score (nSPS) is 25.0. The number of pyridine rings is 1. The van der Waals surface area contributed by atoms with Gasteiger partial charge in [0.15, 0.2) is 8.32 Å². The van der Waals surface area contributed by atoms with E-state index in [2.05, 4.69) is 68.1 Å². The Morgan fingerprint density at radius 3 is 2.64 bits per heavy atom. The Morgan fingerprint density at radius 2 is 1.96 bits per heavy atom. The number of aromatic nitrogens is 2. The third-order valence-corrected chi connectivity index (χ3v) is 10.8. The first-order valence-corrected chi connectivity index (χ1v) is 12.5. The van der Waals surface area contributed by atoms with Gasteiger partial charge in [-0.05, 0) is 54.9 Å². The van der Waals surface area contributed by atoms with Gasteiger partial charge in [-0.1, -0.05) is 26.8 Å². The average Bonchev–Trinajstić information content (AvgIpc) is 3.12. The molecular weight excluding hydrogens is 326 g/mol. The molecule has 1 aliphatic heterocycles. The van der Waals surface area contributed by atoms with Crippen LogP contribution >= 0.6 is 0 Å². The Bertz CT molecular complexity index is 773. The van der Waals surface area contributed by atoms with Crippen molar-refractivity contribution in [3.8, 4) is 0 Å². The van der Waals surface area contributed by atoms with E-state index < -0.39 is 8.32 Å². The number of nitrogens with one attached hydrogen (secondary N) is 1. The summed E-state index contributed by atoms with van der Waals surface area (Å²) in [5.74, 6) is 0.780. The summed E-state index contributed by atoms with van der Waals surface area (Å²) in [6.07, 6.45) is 8.47. The molecule has 2 fully saturated rings. The molecule has 2 atom stereocenters. The van der Waals surface area contributed by atoms with Crippen LogP contribution in [0.4, 0.5) is 0 Å². The Balaban J connectivity index is 1.47. The van der Waals surface area contributed by atoms with E-state index in [0.717, 1.165) is 30.2 Å². The van der Waals surface area contributed by atoms with Crippen LogP contribution in [0.3, 0.4) is 0 Å². The van der Waals surface area contributed by atoms with Crippen molar-refractivity contribution < 1.29 is 4.43 Å². The van der Waals surface area contributed by atoms with Crippen LogP contribution in [0.15, 0.2) is 24.5 Å². The van der Waals surface area contributed by atoms with Gasteiger partial charge in [-0.3, -0.25) is 0 Å². The molecular formula is C20H31N3OSi. The van der Waals surface area contributed by atoms with Crippen LogP contribution in [0.25, 0.3) is 5.65 Å². The molecule has 1 saturated heterocycles. The van der Waals surface area contributed by atoms with Crippen molar-refractivity contribution in [2.75, 3.05) is 6.54 Å². The van der Waals surface area contributed by atoms with E-state index in [1.807, 2.05) is 0 Å². The van der Waals surface area contributed by atoms with E-state index in [9.17, 15) is 0 Å². The van der Waals surface area contributed by atoms with Crippen molar-refractivity contribution in [3.05, 3.63) is 35.8 Å². The molecule has 2 aromatic heterocycles. The van der Waals surface area contributed by atoms with Crippen LogP contribution in [0.5, 0.6) is 0 Å². The molecule has 2 aliphatic rings. The van der Waals surface area contributed by atoms with E-state index in [0.29, 0.717) is 12.1 Å². The molecule has 3 heterocycles. The fourth-order valence-corrected chi connectivity index (χ4v) is 4.83. The van der Waals surface area contributed by atoms with Crippen LogP contribution in [-0.2, 0) is 4.43 Å². The number of hydrogen-bond donors (Lipinski definition) is 1. The molecule has 136 valence electrons. The zero-order valence-electron chi connectivity index (χ0n) is 16.2. The van der Waals surface area contributed by atoms with Crippen LogP contribution in [0.2, 0.25) is 18.1 Å². The Labute approximate surface area is 152 Å². The fraction of sp³-hybridized carbons (Fsp3) is 0.650. The molecule has 1 saturated carbocycles. The summed E-state index contributed by atoms with van der Waals surface area (Å²) >= 11 is 0. The summed E-state index contributed by atoms with van der Waals surface area (Å²) in [5, 5.41) is 3.89. The number of hydrogen-bond acceptors (Lipinski definition) is 3. The van der Waals surface area contributed by atoms with Crippen LogP contribution in [0, 0.1) is 0 Å². The van der Waals surface area contributed by atoms with Crippen molar-refractivity contribution in [2.45, 2.75) is 76.2 Å². The summed E-state index contributed by atoms with van der Waals surface area (Å²) < 4.78 is 8.79. The van der Waals surface area contributed by atoms with Gasteiger partial charge in [-0.15, -0.1) is 0 Å². The summed E-state index contributed by atoms with van der Waals surface area (Å²) in [7, 11) is -1.71. The van der Waals surface area contributed by atoms with Crippen molar-refractivity contribution in [1.82, 2.24) is 14.7 Å². The van der Waals surface area contributed by atoms with Gasteiger partial charge in [-0.2, -0.15) is 0 Å². The van der Waals surface area contributed by atoms with E-state index >= 15 is 0 Å². The van der Waals surface area contributed by atoms with Gasteiger partial charge in [0.25, 0.3) is 0 Å². The number of rotatable bonds is 4. The lowest BCUT2D eigenvalue weighted by Crippen LogP contribution is -2.44. The van der Waals surface area contributed by atoms with Crippen LogP contribution < -0.4 is 5.32 Å². The first-order valence-electron chi connectivity index (χ1n) is 9.63. The van der Waals surface area contributed by atoms with E-state index in [1.54, 1.807) is 0 Å². The zero-order chi connectivity index (χ0) is 17.8. The SMILES string of the molecule is CC(C)(C)[Si](C)(C)O[C@H]1CN[C@@H](c2cn3cc(C4CC4)ccc3n2)C1. The third-order valence-electron chi connectivity index (χ3n) is 6.26. The second kappa shape index (κ2) is 5.93. The molecule has 4 rings (SSSR count). The smallest absolute Gasteiger partial charge is 0.192 e. The fourth-order valence-electron chi connectivity index (χ4n) is 3.47. The lowest BCUT2D eigenvalue weighted by molar-refractivity contribution is 0.197. The number of imidazole rings is 1. The Hall–Kier alpha value is -1.17. The molecule has 4 nitrogen and oxygen atoms in total. The van der Waals surface area contributed by atoms with Gasteiger partial charge in [0.2, 0.25) is 0 Å². The van der Waals surface area contributed by atoms with Crippen molar-refractivity contribution in [1.29, 1.82) is 0 Å². The van der Waals surface area contributed by atoms with Crippen molar-refractivity contribution in [2.24, 2.45) is 0 Å². The maximum Gasteiger partial charge on any atom is 0.192 e. The molecule has 0 aromatic carbocycles. The van der Waals surface area contributed by atoms with Gasteiger partial charge in [0.05, 0.1) is 17.8 Å². The average molecular weight is 358 g/mol. The predicted octanol–water partition coefficient (Wildman–Crippen LogP) is 4.64. The van der Waals surface area contributed by atoms with Gasteiger partial charge in [0.1, 0.15) is 5.65 Å². The Kier molecular flexibility index (Phi) is 4.09. The molecule has 5 heteroatoms. The van der Waals surface area contributed by atoms with Crippen LogP contribution in [0.1, 0.15) is 63.3 Å². The van der Waals surface area contributed by atoms with E-state index in [-0.39, 0.29) is 5.04 Å². The predicted molar refractivity (Wildman–Crippen MR) is 105 cm³/mol. The zero-order valence-corrected chi connectivity index (χ0v) is 17.2. The molecule has 1 aliphatic carbocycles. The number of fused-ring (bicyclic) bond motifs is 1. The highest BCUT2D eigenvalue weighted by atomic mass is 28.4. The lowest BCUT2D eigenvalue weighted by Gasteiger charge is -2.38. The highest BCUT2D eigenvalue weighted by Gasteiger charge is 2.41. The van der Waals surface area contributed by atoms with Gasteiger partial charge < -0.3 is 14.1 Å². The molecule has 0 unspecified atom stereocenters. The minimum atomic E-state index is -1.71. The summed E-state index contributed by atoms with van der Waals surface area (Å²) in [6.45, 7) is 12.5. The summed E-state index contributed by atoms with van der Waals surface area (Å²) in [6, 6.07) is 4.71. The van der Waals surface area contributed by atoms with E-state index in [4.69, 9.17) is 9.41 Å². The molecule has 0 radical (unpaired) electrons. The second-order valence-electron chi connectivity index (χ2n) is 9.36. The quantitative estimate of drug-likeness (QED) is 0.810. The maximum atomic E-state index is 6.59. The highest BCUT2D eigenvalue weighted by molar-refractivity contribution is 6.74. The summed E-state index contributed by atoms with van der Waals surface area (Å²) in [5.41, 5.74) is 3.65. The first-order chi connectivity index (χ1) is 11.7. The van der Waals surface area contributed by atoms with Crippen molar-refractivity contribution in [3.63, 3.8) is 0 Å². The molecule has 1 N–H and O–H groups in total. The maximum absolute atomic E-state index is 6.59. The van der Waals surface area contributed by atoms with E-state index in [1.165, 1.54) is 18.4 Å². The molecule has 25 heavy (non-hydrogen) atoms. The topological polar surface area (TPSA) is 38.6 Å². The number of nitrogens with zero attached hydrogens (tertiary/aromatic N) is 2. The second-order valence-corrected chi connectivity index (χ2v) is 14.1. The van der Waals surface area contributed by atoms with Gasteiger partial charge in [-0.25, -0.2) is 4.98 Å². The third kappa shape index (κ3) is 3.42. The Morgan fingerprint density at radius 1 is 1.20 bits per heavy atom. The first kappa shape index (κ1) is 17.3. The monoisotopic (exact) mass is 357 g/mol. The molecule has 2 aromatic rings. The molecule has 0 spiro atoms. The minimum absolute atomic E-state index is 0.257. The summed E-state index contributed by atoms with van der Waals surface area (Å²) in [4.78, 5) is 4.85. The highest BCUT2D eigenvalue weighted by Crippen LogP contribution is 2.40. The largest absolute Gasteiger partial charge is 0.413 e. The molecule has 0 bridgehead atoms. The van der Waals surface area contributed by atoms with Gasteiger partial charge >= 0.3 is 0 Å². The molecule has 0 amide bonds.